The van der Waals surface area contributed by atoms with Gasteiger partial charge < -0.3 is 15.4 Å². The Morgan fingerprint density at radius 1 is 0.962 bits per heavy atom. The van der Waals surface area contributed by atoms with Crippen LogP contribution in [0.2, 0.25) is 0 Å². The molecule has 6 heteroatoms. The smallest absolute Gasteiger partial charge is 0.319 e. The van der Waals surface area contributed by atoms with Crippen molar-refractivity contribution in [3.8, 4) is 0 Å². The third kappa shape index (κ3) is 6.39. The Kier molecular flexibility index (Phi) is 7.36. The van der Waals surface area contributed by atoms with Gasteiger partial charge in [-0.3, -0.25) is 9.59 Å². The van der Waals surface area contributed by atoms with Gasteiger partial charge in [0.25, 0.3) is 0 Å². The van der Waals surface area contributed by atoms with Crippen molar-refractivity contribution in [2.75, 3.05) is 18.5 Å². The Balaban J connectivity index is 1.65. The van der Waals surface area contributed by atoms with E-state index >= 15 is 0 Å². The molecule has 0 aliphatic heterocycles. The number of ketones is 1. The van der Waals surface area contributed by atoms with Crippen LogP contribution in [0.25, 0.3) is 0 Å². The first-order valence-corrected chi connectivity index (χ1v) is 8.46. The lowest BCUT2D eigenvalue weighted by Gasteiger charge is -2.08. The quantitative estimate of drug-likeness (QED) is 0.563. The monoisotopic (exact) mass is 354 g/mol. The summed E-state index contributed by atoms with van der Waals surface area (Å²) in [6, 6.07) is 15.8. The highest BCUT2D eigenvalue weighted by Crippen LogP contribution is 2.06. The third-order valence-electron chi connectivity index (χ3n) is 3.69. The number of esters is 1. The molecule has 0 aliphatic rings. The Morgan fingerprint density at radius 3 is 2.31 bits per heavy atom. The molecule has 0 unspecified atom stereocenters. The predicted molar refractivity (Wildman–Crippen MR) is 99.2 cm³/mol. The lowest BCUT2D eigenvalue weighted by Crippen LogP contribution is -2.31. The van der Waals surface area contributed by atoms with Crippen LogP contribution in [0.1, 0.15) is 29.3 Å². The highest BCUT2D eigenvalue weighted by Gasteiger charge is 2.10. The van der Waals surface area contributed by atoms with Gasteiger partial charge in [0.1, 0.15) is 0 Å². The molecule has 2 aromatic carbocycles. The number of benzene rings is 2. The van der Waals surface area contributed by atoms with Crippen LogP contribution in [0, 0.1) is 0 Å². The first kappa shape index (κ1) is 19.2. The van der Waals surface area contributed by atoms with Crippen molar-refractivity contribution < 1.29 is 19.1 Å². The van der Waals surface area contributed by atoms with Gasteiger partial charge in [-0.1, -0.05) is 49.4 Å². The van der Waals surface area contributed by atoms with Crippen LogP contribution in [0.15, 0.2) is 54.6 Å². The number of aryl methyl sites for hydroxylation is 1. The van der Waals surface area contributed by atoms with Crippen molar-refractivity contribution in [1.82, 2.24) is 5.32 Å². The average Bonchev–Trinajstić information content (AvgIpc) is 2.67. The lowest BCUT2D eigenvalue weighted by atomic mass is 10.1. The fourth-order valence-corrected chi connectivity index (χ4v) is 2.20. The van der Waals surface area contributed by atoms with E-state index < -0.39 is 12.0 Å². The van der Waals surface area contributed by atoms with Crippen molar-refractivity contribution in [3.05, 3.63) is 65.7 Å². The second kappa shape index (κ2) is 9.98. The first-order chi connectivity index (χ1) is 12.6. The van der Waals surface area contributed by atoms with Crippen molar-refractivity contribution >= 4 is 23.5 Å². The van der Waals surface area contributed by atoms with Crippen LogP contribution in [0.4, 0.5) is 10.5 Å². The molecule has 0 fully saturated rings. The molecule has 0 radical (unpaired) electrons. The van der Waals surface area contributed by atoms with Gasteiger partial charge in [0.15, 0.2) is 12.4 Å². The number of anilines is 1. The maximum absolute atomic E-state index is 12.0. The molecule has 0 atom stereocenters. The molecule has 0 bridgehead atoms. The maximum atomic E-state index is 12.0. The number of hydrogen-bond donors (Lipinski definition) is 2. The summed E-state index contributed by atoms with van der Waals surface area (Å²) in [5, 5.41) is 5.20. The third-order valence-corrected chi connectivity index (χ3v) is 3.69. The molecule has 2 N–H and O–H groups in total. The van der Waals surface area contributed by atoms with Gasteiger partial charge in [-0.05, 0) is 24.1 Å². The predicted octanol–water partition coefficient (Wildman–Crippen LogP) is 3.19. The number of rotatable bonds is 8. The second-order valence-electron chi connectivity index (χ2n) is 5.63. The number of Topliss-reactive ketones (excluding diaryl/α,β-unsaturated/α-hetero) is 1. The summed E-state index contributed by atoms with van der Waals surface area (Å²) in [5.74, 6) is -0.792. The molecule has 2 aromatic rings. The van der Waals surface area contributed by atoms with E-state index in [-0.39, 0.29) is 25.4 Å². The van der Waals surface area contributed by atoms with Crippen molar-refractivity contribution in [3.63, 3.8) is 0 Å². The van der Waals surface area contributed by atoms with Gasteiger partial charge in [0, 0.05) is 17.8 Å². The van der Waals surface area contributed by atoms with Gasteiger partial charge in [-0.2, -0.15) is 0 Å². The lowest BCUT2D eigenvalue weighted by molar-refractivity contribution is -0.142. The van der Waals surface area contributed by atoms with Crippen LogP contribution in [-0.4, -0.2) is 30.9 Å². The van der Waals surface area contributed by atoms with E-state index in [9.17, 15) is 14.4 Å². The van der Waals surface area contributed by atoms with Gasteiger partial charge in [-0.15, -0.1) is 0 Å². The Morgan fingerprint density at radius 2 is 1.65 bits per heavy atom. The summed E-state index contributed by atoms with van der Waals surface area (Å²) in [6.07, 6.45) is 0.887. The number of carbonyl (C=O) groups excluding carboxylic acids is 3. The zero-order valence-corrected chi connectivity index (χ0v) is 14.7. The van der Waals surface area contributed by atoms with Crippen LogP contribution in [0.5, 0.6) is 0 Å². The highest BCUT2D eigenvalue weighted by atomic mass is 16.5. The number of urea groups is 1. The van der Waals surface area contributed by atoms with Crippen molar-refractivity contribution in [2.45, 2.75) is 19.8 Å². The van der Waals surface area contributed by atoms with E-state index in [1.54, 1.807) is 36.4 Å². The van der Waals surface area contributed by atoms with Crippen LogP contribution < -0.4 is 10.6 Å². The van der Waals surface area contributed by atoms with Gasteiger partial charge in [0.2, 0.25) is 0 Å². The summed E-state index contributed by atoms with van der Waals surface area (Å²) in [6.45, 7) is 1.85. The molecule has 0 spiro atoms. The number of amides is 2. The molecular weight excluding hydrogens is 332 g/mol. The van der Waals surface area contributed by atoms with Crippen LogP contribution in [0.3, 0.4) is 0 Å². The fraction of sp³-hybridized carbons (Fsp3) is 0.250. The number of nitrogens with one attached hydrogen (secondary N) is 2. The summed E-state index contributed by atoms with van der Waals surface area (Å²) in [4.78, 5) is 35.3. The van der Waals surface area contributed by atoms with E-state index in [0.29, 0.717) is 11.3 Å². The zero-order chi connectivity index (χ0) is 18.8. The molecular formula is C20H22N2O4. The zero-order valence-electron chi connectivity index (χ0n) is 14.7. The molecule has 0 aliphatic carbocycles. The normalized spacial score (nSPS) is 10.0. The number of ether oxygens (including phenoxy) is 1. The largest absolute Gasteiger partial charge is 0.457 e. The second-order valence-corrected chi connectivity index (χ2v) is 5.63. The highest BCUT2D eigenvalue weighted by molar-refractivity contribution is 5.98. The summed E-state index contributed by atoms with van der Waals surface area (Å²) < 4.78 is 4.95. The van der Waals surface area contributed by atoms with Gasteiger partial charge >= 0.3 is 12.0 Å². The molecule has 6 nitrogen and oxygen atoms in total. The van der Waals surface area contributed by atoms with E-state index in [2.05, 4.69) is 10.6 Å². The molecule has 26 heavy (non-hydrogen) atoms. The molecule has 0 saturated heterocycles. The number of carbonyl (C=O) groups is 3. The molecule has 0 aromatic heterocycles. The van der Waals surface area contributed by atoms with E-state index in [1.165, 1.54) is 0 Å². The fourth-order valence-electron chi connectivity index (χ4n) is 2.20. The minimum atomic E-state index is -0.538. The number of hydrogen-bond acceptors (Lipinski definition) is 4. The molecule has 0 heterocycles. The Bertz CT molecular complexity index is 742. The molecule has 2 rings (SSSR count). The molecule has 0 saturated carbocycles. The Hall–Kier alpha value is -3.15. The van der Waals surface area contributed by atoms with Crippen molar-refractivity contribution in [1.29, 1.82) is 0 Å². The minimum Gasteiger partial charge on any atom is -0.457 e. The SMILES string of the molecule is CCc1ccc(C(=O)COC(=O)CCNC(=O)Nc2ccccc2)cc1. The van der Waals surface area contributed by atoms with Gasteiger partial charge in [0.05, 0.1) is 6.42 Å². The topological polar surface area (TPSA) is 84.5 Å². The molecule has 136 valence electrons. The van der Waals surface area contributed by atoms with Crippen LogP contribution >= 0.6 is 0 Å². The first-order valence-electron chi connectivity index (χ1n) is 8.46. The minimum absolute atomic E-state index is 0.00966. The van der Waals surface area contributed by atoms with Crippen LogP contribution in [-0.2, 0) is 16.0 Å². The molecule has 2 amide bonds. The van der Waals surface area contributed by atoms with E-state index in [4.69, 9.17) is 4.74 Å². The summed E-state index contributed by atoms with van der Waals surface area (Å²) >= 11 is 0. The standard InChI is InChI=1S/C20H22N2O4/c1-2-15-8-10-16(11-9-15)18(23)14-26-19(24)12-13-21-20(25)22-17-6-4-3-5-7-17/h3-11H,2,12-14H2,1H3,(H2,21,22,25). The summed E-state index contributed by atoms with van der Waals surface area (Å²) in [7, 11) is 0. The Labute approximate surface area is 152 Å². The maximum Gasteiger partial charge on any atom is 0.319 e. The number of para-hydroxylation sites is 1. The van der Waals surface area contributed by atoms with E-state index in [0.717, 1.165) is 12.0 Å². The summed E-state index contributed by atoms with van der Waals surface area (Å²) in [5.41, 5.74) is 2.31. The van der Waals surface area contributed by atoms with Gasteiger partial charge in [-0.25, -0.2) is 4.79 Å². The van der Waals surface area contributed by atoms with E-state index in [1.807, 2.05) is 25.1 Å². The average molecular weight is 354 g/mol. The van der Waals surface area contributed by atoms with Crippen molar-refractivity contribution in [2.24, 2.45) is 0 Å².